The molecule has 0 spiro atoms. The molecule has 1 heterocycles. The maximum atomic E-state index is 11.3. The molecule has 1 unspecified atom stereocenters. The van der Waals surface area contributed by atoms with Gasteiger partial charge in [-0.1, -0.05) is 24.3 Å². The lowest BCUT2D eigenvalue weighted by Gasteiger charge is -2.13. The molecule has 7 heteroatoms. The lowest BCUT2D eigenvalue weighted by molar-refractivity contribution is 0.107. The molecule has 1 aliphatic rings. The van der Waals surface area contributed by atoms with Gasteiger partial charge in [-0.25, -0.2) is 4.79 Å². The van der Waals surface area contributed by atoms with Crippen LogP contribution in [0, 0.1) is 0 Å². The number of aliphatic hydroxyl groups is 1. The summed E-state index contributed by atoms with van der Waals surface area (Å²) in [7, 11) is 0. The average Bonchev–Trinajstić information content (AvgIpc) is 3.01. The van der Waals surface area contributed by atoms with Crippen LogP contribution in [-0.4, -0.2) is 43.5 Å². The first kappa shape index (κ1) is 17.1. The molecular weight excluding hydrogens is 320 g/mol. The van der Waals surface area contributed by atoms with Gasteiger partial charge in [0.2, 0.25) is 0 Å². The van der Waals surface area contributed by atoms with E-state index in [4.69, 9.17) is 4.74 Å². The van der Waals surface area contributed by atoms with Gasteiger partial charge in [0.1, 0.15) is 23.8 Å². The normalized spacial score (nSPS) is 13.6. The fourth-order valence-electron chi connectivity index (χ4n) is 2.43. The highest BCUT2D eigenvalue weighted by Gasteiger charge is 2.08. The summed E-state index contributed by atoms with van der Waals surface area (Å²) >= 11 is 0. The molecule has 25 heavy (non-hydrogen) atoms. The molecule has 3 N–H and O–H groups in total. The Hall–Kier alpha value is -2.77. The van der Waals surface area contributed by atoms with E-state index in [2.05, 4.69) is 20.6 Å². The van der Waals surface area contributed by atoms with Crippen LogP contribution in [0.1, 0.15) is 0 Å². The Labute approximate surface area is 145 Å². The van der Waals surface area contributed by atoms with Crippen LogP contribution in [0.2, 0.25) is 0 Å². The van der Waals surface area contributed by atoms with Gasteiger partial charge in [0.25, 0.3) is 0 Å². The smallest absolute Gasteiger partial charge is 0.368 e. The van der Waals surface area contributed by atoms with E-state index in [-0.39, 0.29) is 6.61 Å². The van der Waals surface area contributed by atoms with Gasteiger partial charge in [0.15, 0.2) is 0 Å². The van der Waals surface area contributed by atoms with Gasteiger partial charge in [0, 0.05) is 19.6 Å². The number of carbonyl (C=O) groups is 1. The van der Waals surface area contributed by atoms with Crippen molar-refractivity contribution in [3.8, 4) is 5.75 Å². The van der Waals surface area contributed by atoms with Crippen LogP contribution in [0.25, 0.3) is 0 Å². The van der Waals surface area contributed by atoms with Crippen LogP contribution in [0.4, 0.5) is 10.5 Å². The number of hydrogen-bond donors (Lipinski definition) is 3. The highest BCUT2D eigenvalue weighted by atomic mass is 16.5. The molecule has 0 bridgehead atoms. The number of urea groups is 1. The number of nitrogens with zero attached hydrogens (tertiary/aromatic N) is 2. The minimum absolute atomic E-state index is 0.235. The number of carbonyl (C=O) groups excluding carboxylic acids is 1. The third kappa shape index (κ3) is 4.85. The zero-order valence-corrected chi connectivity index (χ0v) is 13.7. The molecule has 0 aliphatic carbocycles. The van der Waals surface area contributed by atoms with Crippen molar-refractivity contribution in [2.75, 3.05) is 31.6 Å². The molecule has 0 saturated heterocycles. The second kappa shape index (κ2) is 8.36. The summed E-state index contributed by atoms with van der Waals surface area (Å²) in [6.45, 7) is 1.95. The first-order valence-corrected chi connectivity index (χ1v) is 8.13. The molecule has 0 fully saturated rings. The maximum absolute atomic E-state index is 11.3. The Morgan fingerprint density at radius 1 is 1.04 bits per heavy atom. The highest BCUT2D eigenvalue weighted by molar-refractivity contribution is 5.78. The number of para-hydroxylation sites is 2. The Kier molecular flexibility index (Phi) is 5.71. The van der Waals surface area contributed by atoms with E-state index in [0.29, 0.717) is 30.3 Å². The quantitative estimate of drug-likeness (QED) is 0.578. The summed E-state index contributed by atoms with van der Waals surface area (Å²) in [5.74, 6) is 0.741. The van der Waals surface area contributed by atoms with Gasteiger partial charge in [-0.15, -0.1) is 0 Å². The van der Waals surface area contributed by atoms with E-state index in [1.54, 1.807) is 6.07 Å². The minimum Gasteiger partial charge on any atom is -0.491 e. The largest absolute Gasteiger partial charge is 0.491 e. The van der Waals surface area contributed by atoms with E-state index >= 15 is 0 Å². The third-order valence-corrected chi connectivity index (χ3v) is 3.62. The molecule has 2 aromatic rings. The van der Waals surface area contributed by atoms with Crippen molar-refractivity contribution >= 4 is 11.7 Å². The summed E-state index contributed by atoms with van der Waals surface area (Å²) in [5, 5.41) is 17.5. The fourth-order valence-corrected chi connectivity index (χ4v) is 2.43. The van der Waals surface area contributed by atoms with E-state index < -0.39 is 12.1 Å². The van der Waals surface area contributed by atoms with Crippen molar-refractivity contribution in [2.45, 2.75) is 6.10 Å². The Bertz CT molecular complexity index is 839. The predicted molar refractivity (Wildman–Crippen MR) is 93.5 cm³/mol. The average molecular weight is 340 g/mol. The van der Waals surface area contributed by atoms with E-state index in [1.807, 2.05) is 42.5 Å². The van der Waals surface area contributed by atoms with Crippen molar-refractivity contribution in [2.24, 2.45) is 9.98 Å². The molecule has 2 aromatic carbocycles. The van der Waals surface area contributed by atoms with E-state index in [0.717, 1.165) is 11.4 Å². The lowest BCUT2D eigenvalue weighted by atomic mass is 10.3. The van der Waals surface area contributed by atoms with Crippen molar-refractivity contribution in [3.63, 3.8) is 0 Å². The summed E-state index contributed by atoms with van der Waals surface area (Å²) in [6.07, 6.45) is -0.590. The van der Waals surface area contributed by atoms with Crippen LogP contribution in [0.3, 0.4) is 0 Å². The predicted octanol–water partition coefficient (Wildman–Crippen LogP) is 0.501. The van der Waals surface area contributed by atoms with Gasteiger partial charge in [0.05, 0.1) is 11.0 Å². The van der Waals surface area contributed by atoms with Crippen LogP contribution < -0.4 is 26.1 Å². The van der Waals surface area contributed by atoms with Crippen molar-refractivity contribution < 1.29 is 14.6 Å². The first-order valence-electron chi connectivity index (χ1n) is 8.13. The lowest BCUT2D eigenvalue weighted by Crippen LogP contribution is -2.34. The number of ether oxygens (including phenoxy) is 1. The number of rotatable bonds is 9. The van der Waals surface area contributed by atoms with Crippen molar-refractivity contribution in [1.29, 1.82) is 0 Å². The monoisotopic (exact) mass is 340 g/mol. The third-order valence-electron chi connectivity index (χ3n) is 3.62. The van der Waals surface area contributed by atoms with E-state index in [1.165, 1.54) is 0 Å². The molecule has 0 saturated carbocycles. The molecule has 3 rings (SSSR count). The Morgan fingerprint density at radius 3 is 2.72 bits per heavy atom. The number of aliphatic hydroxyl groups excluding tert-OH is 1. The number of fused-ring (bicyclic) bond motifs is 1. The molecule has 1 aliphatic heterocycles. The zero-order valence-electron chi connectivity index (χ0n) is 13.7. The molecular formula is C18H20N4O3. The number of amides is 2. The second-order valence-electron chi connectivity index (χ2n) is 5.59. The molecule has 1 atom stereocenters. The number of hydrogen-bond acceptors (Lipinski definition) is 5. The first-order chi connectivity index (χ1) is 12.2. The molecule has 130 valence electrons. The summed E-state index contributed by atoms with van der Waals surface area (Å²) in [6, 6.07) is 14.4. The molecule has 0 aromatic heterocycles. The Morgan fingerprint density at radius 2 is 1.88 bits per heavy atom. The maximum Gasteiger partial charge on any atom is 0.368 e. The SMILES string of the molecule is O=C1N=c2cccc(NCCNCC(O)COc3ccccc3)c2=N1. The number of anilines is 1. The Balaban J connectivity index is 1.36. The fraction of sp³-hybridized carbons (Fsp3) is 0.278. The van der Waals surface area contributed by atoms with Crippen LogP contribution in [0.5, 0.6) is 5.75 Å². The van der Waals surface area contributed by atoms with Crippen molar-refractivity contribution in [3.05, 3.63) is 59.2 Å². The molecule has 2 amide bonds. The van der Waals surface area contributed by atoms with Gasteiger partial charge in [-0.05, 0) is 24.3 Å². The van der Waals surface area contributed by atoms with Gasteiger partial charge in [-0.2, -0.15) is 9.98 Å². The number of nitrogens with one attached hydrogen (secondary N) is 2. The molecule has 0 radical (unpaired) electrons. The summed E-state index contributed by atoms with van der Waals surface area (Å²) in [4.78, 5) is 19.0. The number of benzene rings is 2. The standard InChI is InChI=1S/C18H20N4O3/c23-13(12-25-14-5-2-1-3-6-14)11-19-9-10-20-15-7-4-8-16-17(15)22-18(24)21-16/h1-8,13,19-20,23H,9-12H2. The van der Waals surface area contributed by atoms with E-state index in [9.17, 15) is 9.90 Å². The van der Waals surface area contributed by atoms with Crippen LogP contribution in [0.15, 0.2) is 58.5 Å². The van der Waals surface area contributed by atoms with Gasteiger partial charge < -0.3 is 20.5 Å². The van der Waals surface area contributed by atoms with Crippen molar-refractivity contribution in [1.82, 2.24) is 5.32 Å². The molecule has 7 nitrogen and oxygen atoms in total. The van der Waals surface area contributed by atoms with Gasteiger partial charge >= 0.3 is 6.03 Å². The topological polar surface area (TPSA) is 95.3 Å². The van der Waals surface area contributed by atoms with Crippen LogP contribution in [-0.2, 0) is 0 Å². The minimum atomic E-state index is -0.590. The van der Waals surface area contributed by atoms with Crippen LogP contribution >= 0.6 is 0 Å². The summed E-state index contributed by atoms with van der Waals surface area (Å²) in [5.41, 5.74) is 0.779. The highest BCUT2D eigenvalue weighted by Crippen LogP contribution is 2.08. The van der Waals surface area contributed by atoms with Gasteiger partial charge in [-0.3, -0.25) is 0 Å². The zero-order chi connectivity index (χ0) is 17.5. The summed E-state index contributed by atoms with van der Waals surface area (Å²) < 4.78 is 5.49. The second-order valence-corrected chi connectivity index (χ2v) is 5.59.